The highest BCUT2D eigenvalue weighted by atomic mass is 16.6. The third-order valence-electron chi connectivity index (χ3n) is 1.10. The Balaban J connectivity index is 2.44. The van der Waals surface area contributed by atoms with Crippen LogP contribution in [0.4, 0.5) is 0 Å². The van der Waals surface area contributed by atoms with Crippen LogP contribution in [0.3, 0.4) is 0 Å². The van der Waals surface area contributed by atoms with Crippen molar-refractivity contribution >= 4 is 0 Å². The van der Waals surface area contributed by atoms with E-state index in [2.05, 4.69) is 5.32 Å². The first-order valence-corrected chi connectivity index (χ1v) is 2.65. The Hall–Kier alpha value is -0.120. The van der Waals surface area contributed by atoms with Gasteiger partial charge in [-0.25, -0.2) is 0 Å². The largest absolute Gasteiger partial charge is 0.336 e. The summed E-state index contributed by atoms with van der Waals surface area (Å²) >= 11 is 0. The number of nitrogens with one attached hydrogen (secondary N) is 1. The van der Waals surface area contributed by atoms with Crippen LogP contribution < -0.4 is 5.32 Å². The molecule has 1 fully saturated rings. The van der Waals surface area contributed by atoms with Gasteiger partial charge in [-0.3, -0.25) is 5.32 Å². The fourth-order valence-electron chi connectivity index (χ4n) is 0.686. The molecular weight excluding hydrogens is 106 g/mol. The number of hydrogen-bond donors (Lipinski definition) is 1. The second-order valence-electron chi connectivity index (χ2n) is 2.67. The van der Waals surface area contributed by atoms with Crippen LogP contribution in [0.25, 0.3) is 0 Å². The SMILES string of the molecule is CC1(C)COC([O])N1. The first-order valence-electron chi connectivity index (χ1n) is 2.65. The average Bonchev–Trinajstić information content (AvgIpc) is 1.82. The monoisotopic (exact) mass is 116 g/mol. The first-order chi connectivity index (χ1) is 3.60. The highest BCUT2D eigenvalue weighted by Crippen LogP contribution is 2.11. The van der Waals surface area contributed by atoms with E-state index in [0.717, 1.165) is 0 Å². The summed E-state index contributed by atoms with van der Waals surface area (Å²) in [5.74, 6) is 0. The third-order valence-corrected chi connectivity index (χ3v) is 1.10. The maximum Gasteiger partial charge on any atom is 0.248 e. The van der Waals surface area contributed by atoms with E-state index >= 15 is 0 Å². The number of ether oxygens (including phenoxy) is 1. The number of rotatable bonds is 0. The van der Waals surface area contributed by atoms with Gasteiger partial charge < -0.3 is 4.74 Å². The third kappa shape index (κ3) is 1.18. The van der Waals surface area contributed by atoms with E-state index in [0.29, 0.717) is 6.61 Å². The van der Waals surface area contributed by atoms with Gasteiger partial charge in [-0.05, 0) is 13.8 Å². The Morgan fingerprint density at radius 1 is 1.75 bits per heavy atom. The molecule has 3 nitrogen and oxygen atoms in total. The minimum atomic E-state index is -1.01. The second kappa shape index (κ2) is 1.69. The second-order valence-corrected chi connectivity index (χ2v) is 2.67. The van der Waals surface area contributed by atoms with Crippen molar-refractivity contribution in [3.63, 3.8) is 0 Å². The molecule has 1 N–H and O–H groups in total. The van der Waals surface area contributed by atoms with Gasteiger partial charge in [0.25, 0.3) is 0 Å². The van der Waals surface area contributed by atoms with Crippen LogP contribution >= 0.6 is 0 Å². The van der Waals surface area contributed by atoms with Crippen LogP contribution in [0.2, 0.25) is 0 Å². The van der Waals surface area contributed by atoms with Crippen molar-refractivity contribution in [2.24, 2.45) is 0 Å². The minimum Gasteiger partial charge on any atom is -0.336 e. The van der Waals surface area contributed by atoms with Crippen LogP contribution in [0.1, 0.15) is 13.8 Å². The molecule has 1 aliphatic rings. The lowest BCUT2D eigenvalue weighted by Gasteiger charge is -2.13. The van der Waals surface area contributed by atoms with Gasteiger partial charge in [-0.1, -0.05) is 0 Å². The molecule has 0 bridgehead atoms. The highest BCUT2D eigenvalue weighted by molar-refractivity contribution is 4.80. The predicted molar refractivity (Wildman–Crippen MR) is 27.6 cm³/mol. The molecule has 1 heterocycles. The Morgan fingerprint density at radius 2 is 2.38 bits per heavy atom. The zero-order valence-corrected chi connectivity index (χ0v) is 5.10. The summed E-state index contributed by atoms with van der Waals surface area (Å²) < 4.78 is 4.70. The normalized spacial score (nSPS) is 35.6. The van der Waals surface area contributed by atoms with Crippen molar-refractivity contribution in [2.45, 2.75) is 25.8 Å². The number of hydrogen-bond acceptors (Lipinski definition) is 2. The molecule has 0 aromatic carbocycles. The lowest BCUT2D eigenvalue weighted by atomic mass is 10.1. The molecule has 1 atom stereocenters. The summed E-state index contributed by atoms with van der Waals surface area (Å²) in [6, 6.07) is 0. The molecule has 1 aliphatic heterocycles. The van der Waals surface area contributed by atoms with Gasteiger partial charge in [-0.2, -0.15) is 5.11 Å². The lowest BCUT2D eigenvalue weighted by molar-refractivity contribution is -0.117. The van der Waals surface area contributed by atoms with Crippen molar-refractivity contribution in [3.8, 4) is 0 Å². The summed E-state index contributed by atoms with van der Waals surface area (Å²) in [5, 5.41) is 13.1. The molecular formula is C5H10NO2. The van der Waals surface area contributed by atoms with Crippen molar-refractivity contribution in [3.05, 3.63) is 0 Å². The molecule has 1 unspecified atom stereocenters. The van der Waals surface area contributed by atoms with E-state index in [4.69, 9.17) is 4.74 Å². The fraction of sp³-hybridized carbons (Fsp3) is 1.00. The maximum absolute atomic E-state index is 10.4. The summed E-state index contributed by atoms with van der Waals surface area (Å²) in [6.45, 7) is 4.39. The van der Waals surface area contributed by atoms with Gasteiger partial charge in [0.05, 0.1) is 6.61 Å². The maximum atomic E-state index is 10.4. The van der Waals surface area contributed by atoms with Crippen LogP contribution in [-0.2, 0) is 9.84 Å². The van der Waals surface area contributed by atoms with E-state index in [1.807, 2.05) is 13.8 Å². The average molecular weight is 116 g/mol. The van der Waals surface area contributed by atoms with Crippen molar-refractivity contribution < 1.29 is 9.84 Å². The first kappa shape index (κ1) is 6.01. The Morgan fingerprint density at radius 3 is 2.50 bits per heavy atom. The summed E-state index contributed by atoms with van der Waals surface area (Å²) in [7, 11) is 0. The molecule has 0 aromatic heterocycles. The predicted octanol–water partition coefficient (Wildman–Crippen LogP) is 0.0989. The van der Waals surface area contributed by atoms with Crippen molar-refractivity contribution in [1.82, 2.24) is 5.32 Å². The highest BCUT2D eigenvalue weighted by Gasteiger charge is 2.29. The van der Waals surface area contributed by atoms with Gasteiger partial charge in [0.2, 0.25) is 6.41 Å². The van der Waals surface area contributed by atoms with Gasteiger partial charge in [-0.15, -0.1) is 0 Å². The summed E-state index contributed by atoms with van der Waals surface area (Å²) in [6.07, 6.45) is -1.01. The molecule has 8 heavy (non-hydrogen) atoms. The molecule has 3 heteroatoms. The smallest absolute Gasteiger partial charge is 0.248 e. The molecule has 0 aliphatic carbocycles. The van der Waals surface area contributed by atoms with E-state index in [1.54, 1.807) is 0 Å². The quantitative estimate of drug-likeness (QED) is 0.487. The molecule has 1 rings (SSSR count). The van der Waals surface area contributed by atoms with Gasteiger partial charge in [0, 0.05) is 5.54 Å². The summed E-state index contributed by atoms with van der Waals surface area (Å²) in [4.78, 5) is 0. The zero-order chi connectivity index (χ0) is 6.20. The molecule has 47 valence electrons. The lowest BCUT2D eigenvalue weighted by Crippen LogP contribution is -2.38. The van der Waals surface area contributed by atoms with Crippen molar-refractivity contribution in [2.75, 3.05) is 6.61 Å². The standard InChI is InChI=1S/C5H10NO2/c1-5(2)3-8-4(7)6-5/h4,6H,3H2,1-2H3. The van der Waals surface area contributed by atoms with Gasteiger partial charge in [0.1, 0.15) is 0 Å². The fourth-order valence-corrected chi connectivity index (χ4v) is 0.686. The van der Waals surface area contributed by atoms with E-state index in [1.165, 1.54) is 0 Å². The van der Waals surface area contributed by atoms with Crippen LogP contribution in [0.5, 0.6) is 0 Å². The Labute approximate surface area is 48.7 Å². The summed E-state index contributed by atoms with van der Waals surface area (Å²) in [5.41, 5.74) is -0.119. The van der Waals surface area contributed by atoms with E-state index < -0.39 is 6.41 Å². The van der Waals surface area contributed by atoms with Gasteiger partial charge in [0.15, 0.2) is 0 Å². The topological polar surface area (TPSA) is 41.2 Å². The molecule has 1 radical (unpaired) electrons. The van der Waals surface area contributed by atoms with Crippen LogP contribution in [-0.4, -0.2) is 18.6 Å². The van der Waals surface area contributed by atoms with Crippen LogP contribution in [0.15, 0.2) is 0 Å². The Bertz CT molecular complexity index is 92.4. The molecule has 0 saturated carbocycles. The molecule has 0 amide bonds. The Kier molecular flexibility index (Phi) is 1.27. The molecule has 1 saturated heterocycles. The minimum absolute atomic E-state index is 0.119. The van der Waals surface area contributed by atoms with E-state index in [-0.39, 0.29) is 5.54 Å². The zero-order valence-electron chi connectivity index (χ0n) is 5.10. The molecule has 0 spiro atoms. The van der Waals surface area contributed by atoms with Crippen LogP contribution in [0, 0.1) is 0 Å². The van der Waals surface area contributed by atoms with Gasteiger partial charge >= 0.3 is 0 Å². The van der Waals surface area contributed by atoms with E-state index in [9.17, 15) is 5.11 Å². The van der Waals surface area contributed by atoms with Crippen molar-refractivity contribution in [1.29, 1.82) is 0 Å². The molecule has 0 aromatic rings.